The Balaban J connectivity index is 0.000000152. The van der Waals surface area contributed by atoms with Crippen molar-refractivity contribution in [1.29, 1.82) is 0 Å². The highest BCUT2D eigenvalue weighted by atomic mass is 35.5. The lowest BCUT2D eigenvalue weighted by atomic mass is 10.1. The van der Waals surface area contributed by atoms with Crippen LogP contribution in [0, 0.1) is 13.8 Å². The zero-order valence-electron chi connectivity index (χ0n) is 33.8. The number of carboxylic acid groups (broad SMARTS) is 1. The summed E-state index contributed by atoms with van der Waals surface area (Å²) in [6.07, 6.45) is 0. The summed E-state index contributed by atoms with van der Waals surface area (Å²) in [6.45, 7) is 16.1. The predicted octanol–water partition coefficient (Wildman–Crippen LogP) is 6.51. The third-order valence-electron chi connectivity index (χ3n) is 11.2. The Morgan fingerprint density at radius 2 is 1.12 bits per heavy atom. The first-order chi connectivity index (χ1) is 28.2. The highest BCUT2D eigenvalue weighted by Crippen LogP contribution is 2.35. The van der Waals surface area contributed by atoms with E-state index >= 15 is 0 Å². The van der Waals surface area contributed by atoms with Crippen molar-refractivity contribution in [3.8, 4) is 0 Å². The molecule has 14 nitrogen and oxygen atoms in total. The molecule has 15 heteroatoms. The summed E-state index contributed by atoms with van der Waals surface area (Å²) in [5.41, 5.74) is 15.8. The lowest BCUT2D eigenvalue weighted by Gasteiger charge is -2.38. The summed E-state index contributed by atoms with van der Waals surface area (Å²) < 4.78 is 3.79. The number of nitrogens with one attached hydrogen (secondary N) is 2. The number of fused-ring (bicyclic) bond motifs is 10. The Morgan fingerprint density at radius 1 is 0.644 bits per heavy atom. The lowest BCUT2D eigenvalue weighted by Crippen LogP contribution is -2.54. The number of hydrogen-bond donors (Lipinski definition) is 4. The number of amides is 1. The lowest BCUT2D eigenvalue weighted by molar-refractivity contribution is 0.0698. The predicted molar refractivity (Wildman–Crippen MR) is 235 cm³/mol. The molecule has 2 saturated heterocycles. The molecule has 4 unspecified atom stereocenters. The maximum absolute atomic E-state index is 12.3. The second kappa shape index (κ2) is 14.6. The number of imidazole rings is 2. The van der Waals surface area contributed by atoms with E-state index in [1.165, 1.54) is 0 Å². The molecule has 5 N–H and O–H groups in total. The van der Waals surface area contributed by atoms with Crippen LogP contribution >= 0.6 is 11.6 Å². The van der Waals surface area contributed by atoms with Gasteiger partial charge in [-0.05, 0) is 96.1 Å². The number of halogens is 1. The summed E-state index contributed by atoms with van der Waals surface area (Å²) in [6, 6.07) is 22.3. The van der Waals surface area contributed by atoms with Crippen molar-refractivity contribution in [3.63, 3.8) is 0 Å². The first-order valence-electron chi connectivity index (χ1n) is 19.9. The number of carboxylic acids is 1. The molecule has 0 bridgehead atoms. The van der Waals surface area contributed by atoms with Crippen LogP contribution in [0.15, 0.2) is 66.7 Å². The molecule has 0 spiro atoms. The SMILES string of the molecule is Cc1cc(N2CC(C)NC(C)C2)c2cc(C(=O)O)c3nc4ccc(Cl)cc4n3c2n1.Cc1cc(N2CC(C)NC(C)C2)c2cc(C(N)=O)c3nc4ccccc4n3c2n1. The second-order valence-corrected chi connectivity index (χ2v) is 16.7. The zero-order valence-corrected chi connectivity index (χ0v) is 34.5. The summed E-state index contributed by atoms with van der Waals surface area (Å²) in [4.78, 5) is 48.0. The highest BCUT2D eigenvalue weighted by molar-refractivity contribution is 6.31. The molecular weight excluding hydrogens is 766 g/mol. The number of aromatic carboxylic acids is 1. The van der Waals surface area contributed by atoms with Crippen LogP contribution in [0.3, 0.4) is 0 Å². The zero-order chi connectivity index (χ0) is 41.4. The molecule has 0 saturated carbocycles. The topological polar surface area (TPSA) is 171 Å². The molecule has 1 amide bonds. The number of piperazine rings is 2. The molecule has 2 fully saturated rings. The number of primary amides is 1. The normalized spacial score (nSPS) is 19.9. The standard InChI is InChI=1S/C22H22ClN5O2.C22H24N6O/c1-11-6-18(27-9-12(2)24-13(3)10-27)15-8-16(22(29)30)21-26-17-5-4-14(23)7-19(17)28(21)20(15)25-11;1-12-8-19(27-10-13(2)24-14(3)11-27)15-9-16(20(23)29)22-26-17-6-4-5-7-18(17)28(22)21(15)25-12/h4-8,12-13,24H,9-10H2,1-3H3,(H,29,30);4-9,13-14,24H,10-11H2,1-3H3,(H2,23,29). The summed E-state index contributed by atoms with van der Waals surface area (Å²) in [5.74, 6) is -1.50. The van der Waals surface area contributed by atoms with Crippen molar-refractivity contribution in [1.82, 2.24) is 39.4 Å². The van der Waals surface area contributed by atoms with Gasteiger partial charge in [-0.1, -0.05) is 23.7 Å². The van der Waals surface area contributed by atoms with Gasteiger partial charge in [0.2, 0.25) is 0 Å². The van der Waals surface area contributed by atoms with E-state index in [9.17, 15) is 14.7 Å². The van der Waals surface area contributed by atoms with Crippen molar-refractivity contribution in [2.24, 2.45) is 5.73 Å². The van der Waals surface area contributed by atoms with Gasteiger partial charge in [0.25, 0.3) is 5.91 Å². The average molecular weight is 812 g/mol. The molecule has 0 radical (unpaired) electrons. The quantitative estimate of drug-likeness (QED) is 0.153. The minimum atomic E-state index is -1.02. The van der Waals surface area contributed by atoms with Crippen LogP contribution in [-0.2, 0) is 0 Å². The van der Waals surface area contributed by atoms with E-state index in [4.69, 9.17) is 27.3 Å². The third-order valence-corrected chi connectivity index (χ3v) is 11.5. The number of hydrogen-bond acceptors (Lipinski definition) is 10. The first-order valence-corrected chi connectivity index (χ1v) is 20.3. The molecule has 0 aliphatic carbocycles. The van der Waals surface area contributed by atoms with E-state index in [0.29, 0.717) is 57.2 Å². The van der Waals surface area contributed by atoms with Gasteiger partial charge in [0.05, 0.1) is 27.6 Å². The Bertz CT molecular complexity index is 3000. The van der Waals surface area contributed by atoms with Crippen molar-refractivity contribution < 1.29 is 14.7 Å². The van der Waals surface area contributed by atoms with Gasteiger partial charge in [-0.2, -0.15) is 0 Å². The number of aromatic nitrogens is 6. The molecule has 8 heterocycles. The van der Waals surface area contributed by atoms with Crippen molar-refractivity contribution in [3.05, 3.63) is 94.3 Å². The van der Waals surface area contributed by atoms with Gasteiger partial charge in [-0.25, -0.2) is 24.7 Å². The Labute approximate surface area is 345 Å². The summed E-state index contributed by atoms with van der Waals surface area (Å²) in [5, 5.41) is 19.3. The molecule has 10 rings (SSSR count). The maximum Gasteiger partial charge on any atom is 0.339 e. The number of carbonyl (C=O) groups is 2. The van der Waals surface area contributed by atoms with Crippen LogP contribution in [0.2, 0.25) is 5.02 Å². The van der Waals surface area contributed by atoms with E-state index in [-0.39, 0.29) is 5.56 Å². The number of nitrogens with zero attached hydrogens (tertiary/aromatic N) is 8. The largest absolute Gasteiger partial charge is 0.478 e. The van der Waals surface area contributed by atoms with E-state index < -0.39 is 11.9 Å². The van der Waals surface area contributed by atoms with Gasteiger partial charge in [0.15, 0.2) is 11.3 Å². The van der Waals surface area contributed by atoms with E-state index in [1.54, 1.807) is 24.3 Å². The van der Waals surface area contributed by atoms with Crippen molar-refractivity contribution in [2.75, 3.05) is 36.0 Å². The Morgan fingerprint density at radius 3 is 1.64 bits per heavy atom. The molecule has 59 heavy (non-hydrogen) atoms. The Kier molecular flexibility index (Phi) is 9.53. The number of nitrogens with two attached hydrogens (primary N) is 1. The van der Waals surface area contributed by atoms with Crippen LogP contribution < -0.4 is 26.2 Å². The molecule has 8 aromatic rings. The number of para-hydroxylation sites is 2. The van der Waals surface area contributed by atoms with Gasteiger partial charge in [-0.3, -0.25) is 13.6 Å². The average Bonchev–Trinajstić information content (AvgIpc) is 3.75. The highest BCUT2D eigenvalue weighted by Gasteiger charge is 2.27. The summed E-state index contributed by atoms with van der Waals surface area (Å²) in [7, 11) is 0. The van der Waals surface area contributed by atoms with Gasteiger partial charge in [0, 0.05) is 88.9 Å². The number of aryl methyl sites for hydroxylation is 2. The van der Waals surface area contributed by atoms with E-state index in [1.807, 2.05) is 59.0 Å². The van der Waals surface area contributed by atoms with Gasteiger partial charge in [0.1, 0.15) is 16.9 Å². The maximum atomic E-state index is 12.3. The van der Waals surface area contributed by atoms with E-state index in [0.717, 1.165) is 81.9 Å². The van der Waals surface area contributed by atoms with Crippen LogP contribution in [0.25, 0.3) is 55.4 Å². The minimum Gasteiger partial charge on any atom is -0.478 e. The smallest absolute Gasteiger partial charge is 0.339 e. The first kappa shape index (κ1) is 38.4. The van der Waals surface area contributed by atoms with E-state index in [2.05, 4.69) is 64.2 Å². The van der Waals surface area contributed by atoms with Gasteiger partial charge in [-0.15, -0.1) is 0 Å². The van der Waals surface area contributed by atoms with Gasteiger partial charge >= 0.3 is 5.97 Å². The third kappa shape index (κ3) is 6.80. The molecule has 2 aromatic carbocycles. The monoisotopic (exact) mass is 811 g/mol. The van der Waals surface area contributed by atoms with Crippen LogP contribution in [-0.4, -0.2) is 96.1 Å². The molecular formula is C44H46ClN11O3. The Hall–Kier alpha value is -6.09. The molecule has 302 valence electrons. The molecule has 2 aliphatic heterocycles. The number of carbonyl (C=O) groups excluding carboxylic acids is 1. The van der Waals surface area contributed by atoms with Crippen LogP contribution in [0.5, 0.6) is 0 Å². The molecule has 2 aliphatic rings. The number of benzene rings is 2. The molecule has 6 aromatic heterocycles. The fourth-order valence-corrected chi connectivity index (χ4v) is 9.27. The van der Waals surface area contributed by atoms with Crippen LogP contribution in [0.4, 0.5) is 11.4 Å². The fraction of sp³-hybridized carbons (Fsp3) is 0.318. The number of pyridine rings is 4. The number of rotatable bonds is 4. The second-order valence-electron chi connectivity index (χ2n) is 16.2. The minimum absolute atomic E-state index is 0.151. The summed E-state index contributed by atoms with van der Waals surface area (Å²) >= 11 is 6.25. The van der Waals surface area contributed by atoms with Gasteiger partial charge < -0.3 is 31.3 Å². The van der Waals surface area contributed by atoms with Crippen molar-refractivity contribution >= 4 is 90.3 Å². The molecule has 4 atom stereocenters. The van der Waals surface area contributed by atoms with Crippen molar-refractivity contribution in [2.45, 2.75) is 65.7 Å². The fourth-order valence-electron chi connectivity index (χ4n) is 9.11. The number of anilines is 2. The van der Waals surface area contributed by atoms with Crippen LogP contribution in [0.1, 0.15) is 59.8 Å².